The van der Waals surface area contributed by atoms with Crippen LogP contribution in [0.4, 0.5) is 10.5 Å². The number of anilines is 1. The molecule has 0 bridgehead atoms. The molecule has 0 aliphatic rings. The molecule has 0 spiro atoms. The monoisotopic (exact) mass is 312 g/mol. The van der Waals surface area contributed by atoms with Gasteiger partial charge in [-0.15, -0.1) is 0 Å². The Balaban J connectivity index is 1.89. The van der Waals surface area contributed by atoms with Crippen molar-refractivity contribution in [1.82, 2.24) is 15.6 Å². The molecule has 23 heavy (non-hydrogen) atoms. The second kappa shape index (κ2) is 8.17. The van der Waals surface area contributed by atoms with E-state index >= 15 is 0 Å². The van der Waals surface area contributed by atoms with Crippen molar-refractivity contribution in [3.8, 4) is 0 Å². The van der Waals surface area contributed by atoms with Crippen LogP contribution in [0.15, 0.2) is 48.7 Å². The molecule has 2 aromatic rings. The minimum absolute atomic E-state index is 0.197. The van der Waals surface area contributed by atoms with Gasteiger partial charge in [-0.3, -0.25) is 4.98 Å². The highest BCUT2D eigenvalue weighted by Gasteiger charge is 2.10. The zero-order valence-electron chi connectivity index (χ0n) is 13.9. The molecule has 0 saturated carbocycles. The summed E-state index contributed by atoms with van der Waals surface area (Å²) < 4.78 is 0. The van der Waals surface area contributed by atoms with Gasteiger partial charge in [0.1, 0.15) is 0 Å². The van der Waals surface area contributed by atoms with Gasteiger partial charge >= 0.3 is 6.03 Å². The molecule has 2 rings (SSSR count). The van der Waals surface area contributed by atoms with Crippen molar-refractivity contribution in [2.24, 2.45) is 0 Å². The van der Waals surface area contributed by atoms with Crippen LogP contribution in [0.1, 0.15) is 25.1 Å². The molecule has 2 amide bonds. The first-order chi connectivity index (χ1) is 11.1. The second-order valence-corrected chi connectivity index (χ2v) is 5.69. The van der Waals surface area contributed by atoms with Gasteiger partial charge in [-0.25, -0.2) is 4.79 Å². The van der Waals surface area contributed by atoms with E-state index in [9.17, 15) is 4.79 Å². The van der Waals surface area contributed by atoms with Crippen molar-refractivity contribution in [3.05, 3.63) is 59.9 Å². The second-order valence-electron chi connectivity index (χ2n) is 5.69. The molecule has 1 heterocycles. The third kappa shape index (κ3) is 4.98. The maximum Gasteiger partial charge on any atom is 0.315 e. The molecule has 5 heteroatoms. The third-order valence-electron chi connectivity index (χ3n) is 3.74. The zero-order valence-corrected chi connectivity index (χ0v) is 13.9. The van der Waals surface area contributed by atoms with E-state index in [1.54, 1.807) is 6.20 Å². The molecule has 0 saturated heterocycles. The molecule has 1 aromatic heterocycles. The van der Waals surface area contributed by atoms with Gasteiger partial charge < -0.3 is 15.5 Å². The first-order valence-electron chi connectivity index (χ1n) is 7.80. The van der Waals surface area contributed by atoms with Crippen LogP contribution in [0.25, 0.3) is 0 Å². The lowest BCUT2D eigenvalue weighted by Gasteiger charge is -2.26. The Hall–Kier alpha value is -2.56. The van der Waals surface area contributed by atoms with Crippen LogP contribution < -0.4 is 15.5 Å². The minimum Gasteiger partial charge on any atom is -0.372 e. The first kappa shape index (κ1) is 16.8. The van der Waals surface area contributed by atoms with Gasteiger partial charge in [-0.05, 0) is 37.6 Å². The van der Waals surface area contributed by atoms with Crippen LogP contribution in [-0.4, -0.2) is 24.1 Å². The predicted octanol–water partition coefficient (Wildman–Crippen LogP) is 2.93. The molecule has 0 aliphatic carbocycles. The van der Waals surface area contributed by atoms with E-state index in [0.717, 1.165) is 16.9 Å². The fourth-order valence-corrected chi connectivity index (χ4v) is 2.19. The highest BCUT2D eigenvalue weighted by molar-refractivity contribution is 5.74. The summed E-state index contributed by atoms with van der Waals surface area (Å²) in [6, 6.07) is 13.9. The smallest absolute Gasteiger partial charge is 0.315 e. The van der Waals surface area contributed by atoms with Gasteiger partial charge in [0.25, 0.3) is 0 Å². The number of hydrogen-bond acceptors (Lipinski definition) is 3. The molecule has 0 unspecified atom stereocenters. The number of amides is 2. The van der Waals surface area contributed by atoms with E-state index in [1.807, 2.05) is 36.4 Å². The molecular weight excluding hydrogens is 288 g/mol. The van der Waals surface area contributed by atoms with Gasteiger partial charge in [-0.2, -0.15) is 0 Å². The summed E-state index contributed by atoms with van der Waals surface area (Å²) >= 11 is 0. The standard InChI is InChI=1S/C18H24N4O/c1-14(2)22(3)17-10-5-4-8-15(17)12-20-18(23)21-13-16-9-6-7-11-19-16/h4-11,14H,12-13H2,1-3H3,(H2,20,21,23). The quantitative estimate of drug-likeness (QED) is 0.862. The van der Waals surface area contributed by atoms with E-state index in [2.05, 4.69) is 47.5 Å². The summed E-state index contributed by atoms with van der Waals surface area (Å²) in [5.41, 5.74) is 3.06. The van der Waals surface area contributed by atoms with Gasteiger partial charge in [0.15, 0.2) is 0 Å². The first-order valence-corrected chi connectivity index (χ1v) is 7.80. The van der Waals surface area contributed by atoms with Crippen molar-refractivity contribution in [1.29, 1.82) is 0 Å². The van der Waals surface area contributed by atoms with Gasteiger partial charge in [0.05, 0.1) is 12.2 Å². The largest absolute Gasteiger partial charge is 0.372 e. The number of benzene rings is 1. The van der Waals surface area contributed by atoms with Crippen LogP contribution in [0.5, 0.6) is 0 Å². The van der Waals surface area contributed by atoms with Gasteiger partial charge in [0, 0.05) is 31.5 Å². The summed E-state index contributed by atoms with van der Waals surface area (Å²) in [6.07, 6.45) is 1.72. The molecular formula is C18H24N4O. The Morgan fingerprint density at radius 3 is 2.48 bits per heavy atom. The Labute approximate surface area is 137 Å². The maximum atomic E-state index is 11.9. The van der Waals surface area contributed by atoms with Crippen molar-refractivity contribution in [3.63, 3.8) is 0 Å². The van der Waals surface area contributed by atoms with E-state index in [0.29, 0.717) is 19.1 Å². The maximum absolute atomic E-state index is 11.9. The van der Waals surface area contributed by atoms with E-state index in [-0.39, 0.29) is 6.03 Å². The molecule has 0 fully saturated rings. The van der Waals surface area contributed by atoms with Crippen LogP contribution in [0, 0.1) is 0 Å². The number of rotatable bonds is 6. The summed E-state index contributed by atoms with van der Waals surface area (Å²) in [5, 5.41) is 5.71. The highest BCUT2D eigenvalue weighted by atomic mass is 16.2. The number of para-hydroxylation sites is 1. The average molecular weight is 312 g/mol. The Morgan fingerprint density at radius 2 is 1.78 bits per heavy atom. The highest BCUT2D eigenvalue weighted by Crippen LogP contribution is 2.20. The summed E-state index contributed by atoms with van der Waals surface area (Å²) in [5.74, 6) is 0. The summed E-state index contributed by atoms with van der Waals surface area (Å²) in [7, 11) is 2.06. The summed E-state index contributed by atoms with van der Waals surface area (Å²) in [6.45, 7) is 5.19. The van der Waals surface area contributed by atoms with Crippen molar-refractivity contribution < 1.29 is 4.79 Å². The predicted molar refractivity (Wildman–Crippen MR) is 93.3 cm³/mol. The lowest BCUT2D eigenvalue weighted by molar-refractivity contribution is 0.240. The zero-order chi connectivity index (χ0) is 16.7. The van der Waals surface area contributed by atoms with Crippen LogP contribution in [0.2, 0.25) is 0 Å². The SMILES string of the molecule is CC(C)N(C)c1ccccc1CNC(=O)NCc1ccccn1. The number of carbonyl (C=O) groups is 1. The Kier molecular flexibility index (Phi) is 5.97. The van der Waals surface area contributed by atoms with Crippen LogP contribution in [0.3, 0.4) is 0 Å². The molecule has 0 radical (unpaired) electrons. The van der Waals surface area contributed by atoms with E-state index < -0.39 is 0 Å². The van der Waals surface area contributed by atoms with Crippen molar-refractivity contribution >= 4 is 11.7 Å². The molecule has 5 nitrogen and oxygen atoms in total. The number of carbonyl (C=O) groups excluding carboxylic acids is 1. The molecule has 1 aromatic carbocycles. The average Bonchev–Trinajstić information content (AvgIpc) is 2.58. The van der Waals surface area contributed by atoms with E-state index in [4.69, 9.17) is 0 Å². The van der Waals surface area contributed by atoms with Crippen LogP contribution in [-0.2, 0) is 13.1 Å². The van der Waals surface area contributed by atoms with Gasteiger partial charge in [-0.1, -0.05) is 24.3 Å². The topological polar surface area (TPSA) is 57.3 Å². The number of hydrogen-bond donors (Lipinski definition) is 2. The molecule has 0 atom stereocenters. The normalized spacial score (nSPS) is 10.4. The van der Waals surface area contributed by atoms with E-state index in [1.165, 1.54) is 0 Å². The number of pyridine rings is 1. The fourth-order valence-electron chi connectivity index (χ4n) is 2.19. The number of nitrogens with zero attached hydrogens (tertiary/aromatic N) is 2. The Bertz CT molecular complexity index is 628. The molecule has 2 N–H and O–H groups in total. The lowest BCUT2D eigenvalue weighted by Crippen LogP contribution is -2.35. The summed E-state index contributed by atoms with van der Waals surface area (Å²) in [4.78, 5) is 18.3. The van der Waals surface area contributed by atoms with Crippen molar-refractivity contribution in [2.75, 3.05) is 11.9 Å². The molecule has 122 valence electrons. The third-order valence-corrected chi connectivity index (χ3v) is 3.74. The van der Waals surface area contributed by atoms with Gasteiger partial charge in [0.2, 0.25) is 0 Å². The lowest BCUT2D eigenvalue weighted by atomic mass is 10.1. The number of nitrogens with one attached hydrogen (secondary N) is 2. The fraction of sp³-hybridized carbons (Fsp3) is 0.333. The number of aromatic nitrogens is 1. The minimum atomic E-state index is -0.197. The molecule has 0 aliphatic heterocycles. The number of urea groups is 1. The van der Waals surface area contributed by atoms with Crippen LogP contribution >= 0.6 is 0 Å². The van der Waals surface area contributed by atoms with Crippen molar-refractivity contribution in [2.45, 2.75) is 33.0 Å². The Morgan fingerprint density at radius 1 is 1.09 bits per heavy atom.